The Kier molecular flexibility index (Phi) is 4.24. The van der Waals surface area contributed by atoms with Crippen molar-refractivity contribution in [3.63, 3.8) is 0 Å². The van der Waals surface area contributed by atoms with E-state index in [4.69, 9.17) is 5.26 Å². The molecule has 0 bridgehead atoms. The molecule has 1 saturated heterocycles. The Labute approximate surface area is 137 Å². The van der Waals surface area contributed by atoms with Crippen molar-refractivity contribution in [1.82, 2.24) is 4.98 Å². The standard InChI is InChI=1S/C16H14FN5O2/c17-14-2-1-6-19-16(14)21-7-5-13(10-21)20-12-3-4-15(22(23)24)11(8-12)9-18/h1-4,6,8,13,20H,5,7,10H2. The maximum atomic E-state index is 13.8. The Morgan fingerprint density at radius 1 is 1.46 bits per heavy atom. The highest BCUT2D eigenvalue weighted by atomic mass is 19.1. The number of nitriles is 1. The molecule has 2 aromatic rings. The molecule has 1 N–H and O–H groups in total. The third-order valence-corrected chi connectivity index (χ3v) is 3.91. The number of nitrogens with one attached hydrogen (secondary N) is 1. The van der Waals surface area contributed by atoms with E-state index in [0.29, 0.717) is 24.6 Å². The van der Waals surface area contributed by atoms with Crippen molar-refractivity contribution in [3.05, 3.63) is 58.0 Å². The van der Waals surface area contributed by atoms with Gasteiger partial charge in [-0.2, -0.15) is 5.26 Å². The highest BCUT2D eigenvalue weighted by Gasteiger charge is 2.25. The molecule has 122 valence electrons. The molecule has 1 atom stereocenters. The minimum atomic E-state index is -0.580. The van der Waals surface area contributed by atoms with Crippen LogP contribution in [0.3, 0.4) is 0 Å². The van der Waals surface area contributed by atoms with Crippen LogP contribution in [-0.2, 0) is 0 Å². The van der Waals surface area contributed by atoms with Crippen LogP contribution in [0.5, 0.6) is 0 Å². The number of anilines is 2. The van der Waals surface area contributed by atoms with Crippen molar-refractivity contribution in [2.45, 2.75) is 12.5 Å². The second-order valence-corrected chi connectivity index (χ2v) is 5.49. The van der Waals surface area contributed by atoms with Gasteiger partial charge < -0.3 is 10.2 Å². The highest BCUT2D eigenvalue weighted by Crippen LogP contribution is 2.25. The molecule has 0 spiro atoms. The highest BCUT2D eigenvalue weighted by molar-refractivity contribution is 5.59. The van der Waals surface area contributed by atoms with Gasteiger partial charge in [0.15, 0.2) is 11.6 Å². The van der Waals surface area contributed by atoms with Crippen LogP contribution in [0.1, 0.15) is 12.0 Å². The Morgan fingerprint density at radius 2 is 2.29 bits per heavy atom. The summed E-state index contributed by atoms with van der Waals surface area (Å²) in [7, 11) is 0. The Balaban J connectivity index is 1.71. The molecular weight excluding hydrogens is 313 g/mol. The molecule has 7 nitrogen and oxygen atoms in total. The SMILES string of the molecule is N#Cc1cc(NC2CCN(c3ncccc3F)C2)ccc1[N+](=O)[O-]. The number of hydrogen-bond acceptors (Lipinski definition) is 6. The van der Waals surface area contributed by atoms with Crippen LogP contribution in [0.25, 0.3) is 0 Å². The molecule has 3 rings (SSSR count). The van der Waals surface area contributed by atoms with Gasteiger partial charge in [0.1, 0.15) is 11.6 Å². The van der Waals surface area contributed by atoms with Crippen molar-refractivity contribution < 1.29 is 9.31 Å². The number of pyridine rings is 1. The minimum Gasteiger partial charge on any atom is -0.380 e. The normalized spacial score (nSPS) is 16.7. The smallest absolute Gasteiger partial charge is 0.287 e. The van der Waals surface area contributed by atoms with Gasteiger partial charge in [-0.15, -0.1) is 0 Å². The summed E-state index contributed by atoms with van der Waals surface area (Å²) in [6.07, 6.45) is 2.32. The van der Waals surface area contributed by atoms with Crippen LogP contribution in [0.4, 0.5) is 21.6 Å². The summed E-state index contributed by atoms with van der Waals surface area (Å²) in [6, 6.07) is 9.14. The summed E-state index contributed by atoms with van der Waals surface area (Å²) in [5, 5.41) is 23.1. The quantitative estimate of drug-likeness (QED) is 0.685. The number of hydrogen-bond donors (Lipinski definition) is 1. The zero-order chi connectivity index (χ0) is 17.1. The Morgan fingerprint density at radius 3 is 3.00 bits per heavy atom. The fraction of sp³-hybridized carbons (Fsp3) is 0.250. The van der Waals surface area contributed by atoms with Gasteiger partial charge in [0.2, 0.25) is 0 Å². The van der Waals surface area contributed by atoms with Crippen LogP contribution in [0.2, 0.25) is 0 Å². The molecule has 0 amide bonds. The molecule has 1 aliphatic heterocycles. The van der Waals surface area contributed by atoms with E-state index in [1.54, 1.807) is 18.3 Å². The van der Waals surface area contributed by atoms with Gasteiger partial charge in [-0.1, -0.05) is 0 Å². The maximum absolute atomic E-state index is 13.8. The number of benzene rings is 1. The molecule has 1 aliphatic rings. The van der Waals surface area contributed by atoms with E-state index in [9.17, 15) is 14.5 Å². The van der Waals surface area contributed by atoms with Crippen molar-refractivity contribution in [2.24, 2.45) is 0 Å². The van der Waals surface area contributed by atoms with Crippen LogP contribution < -0.4 is 10.2 Å². The van der Waals surface area contributed by atoms with Gasteiger partial charge in [0, 0.05) is 37.1 Å². The minimum absolute atomic E-state index is 0.00984. The number of nitrogens with zero attached hydrogens (tertiary/aromatic N) is 4. The van der Waals surface area contributed by atoms with E-state index in [0.717, 1.165) is 6.42 Å². The summed E-state index contributed by atoms with van der Waals surface area (Å²) in [6.45, 7) is 1.22. The Bertz CT molecular complexity index is 820. The molecule has 1 unspecified atom stereocenters. The second kappa shape index (κ2) is 6.50. The first-order valence-electron chi connectivity index (χ1n) is 7.39. The van der Waals surface area contributed by atoms with Crippen molar-refractivity contribution in [2.75, 3.05) is 23.3 Å². The zero-order valence-corrected chi connectivity index (χ0v) is 12.6. The molecule has 8 heteroatoms. The fourth-order valence-electron chi connectivity index (χ4n) is 2.79. The van der Waals surface area contributed by atoms with Crippen LogP contribution >= 0.6 is 0 Å². The van der Waals surface area contributed by atoms with E-state index >= 15 is 0 Å². The van der Waals surface area contributed by atoms with E-state index in [-0.39, 0.29) is 23.1 Å². The summed E-state index contributed by atoms with van der Waals surface area (Å²) >= 11 is 0. The lowest BCUT2D eigenvalue weighted by molar-refractivity contribution is -0.385. The van der Waals surface area contributed by atoms with Crippen molar-refractivity contribution in [1.29, 1.82) is 5.26 Å². The van der Waals surface area contributed by atoms with Crippen molar-refractivity contribution >= 4 is 17.2 Å². The summed E-state index contributed by atoms with van der Waals surface area (Å²) in [5.74, 6) is -0.0385. The van der Waals surface area contributed by atoms with E-state index in [1.807, 2.05) is 11.0 Å². The van der Waals surface area contributed by atoms with Crippen molar-refractivity contribution in [3.8, 4) is 6.07 Å². The van der Waals surface area contributed by atoms with Gasteiger partial charge in [-0.05, 0) is 30.7 Å². The summed E-state index contributed by atoms with van der Waals surface area (Å²) < 4.78 is 13.8. The third kappa shape index (κ3) is 3.10. The third-order valence-electron chi connectivity index (χ3n) is 3.91. The molecule has 1 fully saturated rings. The van der Waals surface area contributed by atoms with Gasteiger partial charge in [0.25, 0.3) is 5.69 Å². The Hall–Kier alpha value is -3.21. The van der Waals surface area contributed by atoms with Gasteiger partial charge in [0.05, 0.1) is 4.92 Å². The van der Waals surface area contributed by atoms with E-state index < -0.39 is 4.92 Å². The maximum Gasteiger partial charge on any atom is 0.287 e. The molecule has 0 saturated carbocycles. The first kappa shape index (κ1) is 15.7. The number of nitro benzene ring substituents is 1. The monoisotopic (exact) mass is 327 g/mol. The molecule has 24 heavy (non-hydrogen) atoms. The average Bonchev–Trinajstić information content (AvgIpc) is 3.03. The lowest BCUT2D eigenvalue weighted by atomic mass is 10.1. The molecule has 1 aromatic heterocycles. The van der Waals surface area contributed by atoms with Gasteiger partial charge in [-0.25, -0.2) is 9.37 Å². The molecular formula is C16H14FN5O2. The fourth-order valence-corrected chi connectivity index (χ4v) is 2.79. The molecule has 0 radical (unpaired) electrons. The largest absolute Gasteiger partial charge is 0.380 e. The summed E-state index contributed by atoms with van der Waals surface area (Å²) in [5.41, 5.74) is 0.424. The van der Waals surface area contributed by atoms with E-state index in [2.05, 4.69) is 10.3 Å². The second-order valence-electron chi connectivity index (χ2n) is 5.49. The number of halogens is 1. The van der Waals surface area contributed by atoms with Crippen LogP contribution in [0, 0.1) is 27.3 Å². The molecule has 1 aromatic carbocycles. The lowest BCUT2D eigenvalue weighted by Crippen LogP contribution is -2.27. The lowest BCUT2D eigenvalue weighted by Gasteiger charge is -2.18. The first-order valence-corrected chi connectivity index (χ1v) is 7.39. The van der Waals surface area contributed by atoms with Crippen LogP contribution in [-0.4, -0.2) is 29.0 Å². The number of aromatic nitrogens is 1. The summed E-state index contributed by atoms with van der Waals surface area (Å²) in [4.78, 5) is 16.2. The first-order chi connectivity index (χ1) is 11.6. The predicted molar refractivity (Wildman–Crippen MR) is 86.2 cm³/mol. The van der Waals surface area contributed by atoms with Gasteiger partial charge >= 0.3 is 0 Å². The zero-order valence-electron chi connectivity index (χ0n) is 12.6. The predicted octanol–water partition coefficient (Wildman–Crippen LogP) is 2.69. The number of rotatable bonds is 4. The molecule has 2 heterocycles. The van der Waals surface area contributed by atoms with Gasteiger partial charge in [-0.3, -0.25) is 10.1 Å². The number of nitro groups is 1. The van der Waals surface area contributed by atoms with E-state index in [1.165, 1.54) is 18.2 Å². The molecule has 0 aliphatic carbocycles. The average molecular weight is 327 g/mol. The topological polar surface area (TPSA) is 95.1 Å². The van der Waals surface area contributed by atoms with Crippen LogP contribution in [0.15, 0.2) is 36.5 Å².